The summed E-state index contributed by atoms with van der Waals surface area (Å²) in [5.41, 5.74) is 2.09. The smallest absolute Gasteiger partial charge is 0.339 e. The summed E-state index contributed by atoms with van der Waals surface area (Å²) < 4.78 is 24.2. The second-order valence-corrected chi connectivity index (χ2v) is 7.21. The van der Waals surface area contributed by atoms with Gasteiger partial charge in [-0.1, -0.05) is 13.3 Å². The van der Waals surface area contributed by atoms with Gasteiger partial charge in [-0.15, -0.1) is 0 Å². The van der Waals surface area contributed by atoms with Crippen LogP contribution in [0.3, 0.4) is 0 Å². The molecular formula is C23H24FN3O5. The van der Waals surface area contributed by atoms with Crippen molar-refractivity contribution >= 4 is 29.2 Å². The van der Waals surface area contributed by atoms with Crippen molar-refractivity contribution in [2.45, 2.75) is 33.6 Å². The first kappa shape index (κ1) is 22.8. The van der Waals surface area contributed by atoms with Gasteiger partial charge in [0, 0.05) is 11.4 Å². The molecule has 9 heteroatoms. The molecule has 2 amide bonds. The zero-order valence-electron chi connectivity index (χ0n) is 18.2. The first-order valence-corrected chi connectivity index (χ1v) is 10.0. The molecule has 168 valence electrons. The van der Waals surface area contributed by atoms with Crippen LogP contribution in [0.25, 0.3) is 0 Å². The van der Waals surface area contributed by atoms with Crippen LogP contribution in [-0.2, 0) is 11.2 Å². The number of aromatic amines is 1. The summed E-state index contributed by atoms with van der Waals surface area (Å²) in [6, 6.07) is 5.32. The lowest BCUT2D eigenvalue weighted by molar-refractivity contribution is 0.0598. The van der Waals surface area contributed by atoms with Crippen LogP contribution in [0.2, 0.25) is 0 Å². The fourth-order valence-corrected chi connectivity index (χ4v) is 3.45. The number of nitrogens with one attached hydrogen (secondary N) is 3. The molecule has 0 aliphatic carbocycles. The molecule has 0 atom stereocenters. The summed E-state index contributed by atoms with van der Waals surface area (Å²) in [6.45, 7) is 5.24. The van der Waals surface area contributed by atoms with Gasteiger partial charge in [0.15, 0.2) is 0 Å². The van der Waals surface area contributed by atoms with Crippen molar-refractivity contribution in [2.75, 3.05) is 17.7 Å². The number of hydrogen-bond donors (Lipinski definition) is 3. The Morgan fingerprint density at radius 2 is 1.88 bits per heavy atom. The Hall–Kier alpha value is -3.88. The van der Waals surface area contributed by atoms with E-state index in [4.69, 9.17) is 9.15 Å². The quantitative estimate of drug-likeness (QED) is 0.464. The molecule has 0 saturated carbocycles. The van der Waals surface area contributed by atoms with Gasteiger partial charge in [0.1, 0.15) is 17.3 Å². The minimum absolute atomic E-state index is 0.0971. The van der Waals surface area contributed by atoms with Crippen LogP contribution in [0.5, 0.6) is 0 Å². The van der Waals surface area contributed by atoms with Crippen molar-refractivity contribution in [2.24, 2.45) is 0 Å². The third-order valence-electron chi connectivity index (χ3n) is 4.98. The first-order chi connectivity index (χ1) is 15.3. The highest BCUT2D eigenvalue weighted by Gasteiger charge is 2.25. The average Bonchev–Trinajstić information content (AvgIpc) is 3.33. The first-order valence-electron chi connectivity index (χ1n) is 10.0. The fraction of sp³-hybridized carbons (Fsp3) is 0.261. The standard InChI is InChI=1S/C23H24FN3O5/c1-5-6-16-19(23(30)31-4)12(2)25-20(16)22(29)26-14-7-8-17(24)18(11-14)27-21(28)15-9-10-32-13(15)3/h7-11,25H,5-6H2,1-4H3,(H,26,29)(H,27,28). The molecule has 0 fully saturated rings. The third kappa shape index (κ3) is 4.56. The zero-order chi connectivity index (χ0) is 23.4. The summed E-state index contributed by atoms with van der Waals surface area (Å²) in [5.74, 6) is -1.82. The number of rotatable bonds is 7. The van der Waals surface area contributed by atoms with Crippen molar-refractivity contribution in [3.63, 3.8) is 0 Å². The van der Waals surface area contributed by atoms with Crippen molar-refractivity contribution in [1.82, 2.24) is 4.98 Å². The largest absolute Gasteiger partial charge is 0.469 e. The maximum atomic E-state index is 14.3. The van der Waals surface area contributed by atoms with E-state index in [0.29, 0.717) is 35.4 Å². The lowest BCUT2D eigenvalue weighted by atomic mass is 10.0. The molecule has 2 heterocycles. The topological polar surface area (TPSA) is 113 Å². The number of hydrogen-bond acceptors (Lipinski definition) is 5. The molecule has 0 bridgehead atoms. The van der Waals surface area contributed by atoms with Crippen molar-refractivity contribution < 1.29 is 27.9 Å². The Bertz CT molecular complexity index is 1180. The van der Waals surface area contributed by atoms with Gasteiger partial charge in [-0.2, -0.15) is 0 Å². The maximum absolute atomic E-state index is 14.3. The number of amides is 2. The van der Waals surface area contributed by atoms with Gasteiger partial charge in [-0.3, -0.25) is 9.59 Å². The molecule has 32 heavy (non-hydrogen) atoms. The Balaban J connectivity index is 1.86. The molecule has 8 nitrogen and oxygen atoms in total. The molecular weight excluding hydrogens is 417 g/mol. The van der Waals surface area contributed by atoms with E-state index in [9.17, 15) is 18.8 Å². The predicted molar refractivity (Wildman–Crippen MR) is 117 cm³/mol. The van der Waals surface area contributed by atoms with E-state index in [2.05, 4.69) is 15.6 Å². The number of ether oxygens (including phenoxy) is 1. The number of carbonyl (C=O) groups is 3. The summed E-state index contributed by atoms with van der Waals surface area (Å²) >= 11 is 0. The Kier molecular flexibility index (Phi) is 6.77. The Labute approximate surface area is 184 Å². The average molecular weight is 441 g/mol. The molecule has 0 aliphatic rings. The lowest BCUT2D eigenvalue weighted by Gasteiger charge is -2.10. The van der Waals surface area contributed by atoms with Gasteiger partial charge in [0.25, 0.3) is 11.8 Å². The molecule has 3 rings (SSSR count). The number of benzene rings is 1. The van der Waals surface area contributed by atoms with E-state index >= 15 is 0 Å². The highest BCUT2D eigenvalue weighted by atomic mass is 19.1. The number of H-pyrrole nitrogens is 1. The molecule has 0 spiro atoms. The SMILES string of the molecule is CCCc1c(C(=O)Nc2ccc(F)c(NC(=O)c3ccoc3C)c2)[nH]c(C)c1C(=O)OC. The van der Waals surface area contributed by atoms with Crippen LogP contribution >= 0.6 is 0 Å². The molecule has 2 aromatic heterocycles. The van der Waals surface area contributed by atoms with Gasteiger partial charge < -0.3 is 24.8 Å². The van der Waals surface area contributed by atoms with Gasteiger partial charge >= 0.3 is 5.97 Å². The van der Waals surface area contributed by atoms with Crippen LogP contribution in [-0.4, -0.2) is 29.9 Å². The summed E-state index contributed by atoms with van der Waals surface area (Å²) in [6.07, 6.45) is 2.57. The van der Waals surface area contributed by atoms with Gasteiger partial charge in [0.05, 0.1) is 30.2 Å². The van der Waals surface area contributed by atoms with Crippen LogP contribution in [0.1, 0.15) is 61.6 Å². The normalized spacial score (nSPS) is 10.7. The van der Waals surface area contributed by atoms with Gasteiger partial charge in [-0.25, -0.2) is 9.18 Å². The fourth-order valence-electron chi connectivity index (χ4n) is 3.45. The molecule has 0 saturated heterocycles. The number of carbonyl (C=O) groups excluding carboxylic acids is 3. The number of aryl methyl sites for hydroxylation is 2. The number of aromatic nitrogens is 1. The van der Waals surface area contributed by atoms with E-state index in [1.807, 2.05) is 6.92 Å². The molecule has 3 N–H and O–H groups in total. The maximum Gasteiger partial charge on any atom is 0.339 e. The van der Waals surface area contributed by atoms with E-state index in [1.54, 1.807) is 13.8 Å². The second-order valence-electron chi connectivity index (χ2n) is 7.21. The monoisotopic (exact) mass is 441 g/mol. The number of furan rings is 1. The van der Waals surface area contributed by atoms with Gasteiger partial charge in [0.2, 0.25) is 0 Å². The summed E-state index contributed by atoms with van der Waals surface area (Å²) in [7, 11) is 1.28. The molecule has 0 unspecified atom stereocenters. The Morgan fingerprint density at radius 1 is 1.12 bits per heavy atom. The molecule has 0 radical (unpaired) electrons. The van der Waals surface area contributed by atoms with Gasteiger partial charge in [-0.05, 0) is 50.1 Å². The van der Waals surface area contributed by atoms with Crippen molar-refractivity contribution in [3.05, 3.63) is 70.2 Å². The van der Waals surface area contributed by atoms with E-state index < -0.39 is 23.6 Å². The predicted octanol–water partition coefficient (Wildman–Crippen LogP) is 4.61. The van der Waals surface area contributed by atoms with Crippen LogP contribution in [0.4, 0.5) is 15.8 Å². The lowest BCUT2D eigenvalue weighted by Crippen LogP contribution is -2.17. The second kappa shape index (κ2) is 9.51. The number of methoxy groups -OCH3 is 1. The zero-order valence-corrected chi connectivity index (χ0v) is 18.2. The van der Waals surface area contributed by atoms with Crippen molar-refractivity contribution in [1.29, 1.82) is 0 Å². The third-order valence-corrected chi connectivity index (χ3v) is 4.98. The van der Waals surface area contributed by atoms with Crippen LogP contribution in [0.15, 0.2) is 34.9 Å². The summed E-state index contributed by atoms with van der Waals surface area (Å²) in [4.78, 5) is 40.4. The highest BCUT2D eigenvalue weighted by Crippen LogP contribution is 2.25. The van der Waals surface area contributed by atoms with E-state index in [0.717, 1.165) is 6.07 Å². The van der Waals surface area contributed by atoms with Crippen LogP contribution in [0, 0.1) is 19.7 Å². The molecule has 0 aliphatic heterocycles. The number of esters is 1. The Morgan fingerprint density at radius 3 is 2.50 bits per heavy atom. The minimum Gasteiger partial charge on any atom is -0.469 e. The molecule has 3 aromatic rings. The minimum atomic E-state index is -0.659. The van der Waals surface area contributed by atoms with Crippen molar-refractivity contribution in [3.8, 4) is 0 Å². The number of halogens is 1. The van der Waals surface area contributed by atoms with E-state index in [1.165, 1.54) is 31.6 Å². The van der Waals surface area contributed by atoms with E-state index in [-0.39, 0.29) is 22.6 Å². The number of anilines is 2. The summed E-state index contributed by atoms with van der Waals surface area (Å²) in [5, 5.41) is 5.16. The molecule has 1 aromatic carbocycles. The highest BCUT2D eigenvalue weighted by molar-refractivity contribution is 6.08. The van der Waals surface area contributed by atoms with Crippen LogP contribution < -0.4 is 10.6 Å².